The Hall–Kier alpha value is -2.28. The molecule has 1 rings (SSSR count). The number of hydrogen-bond donors (Lipinski definition) is 1. The quantitative estimate of drug-likeness (QED) is 0.0571. The van der Waals surface area contributed by atoms with Gasteiger partial charge in [0.2, 0.25) is 0 Å². The van der Waals surface area contributed by atoms with E-state index in [-0.39, 0.29) is 11.5 Å². The van der Waals surface area contributed by atoms with Crippen molar-refractivity contribution in [1.82, 2.24) is 0 Å². The third-order valence-electron chi connectivity index (χ3n) is 4.23. The van der Waals surface area contributed by atoms with Gasteiger partial charge in [-0.15, -0.1) is 0 Å². The van der Waals surface area contributed by atoms with Gasteiger partial charge in [0, 0.05) is 57.2 Å². The number of oxime groups is 1. The van der Waals surface area contributed by atoms with Crippen molar-refractivity contribution in [3.05, 3.63) is 0 Å². The lowest BCUT2D eigenvalue weighted by atomic mass is 9.99. The molecule has 0 aromatic heterocycles. The predicted molar refractivity (Wildman–Crippen MR) is 132 cm³/mol. The van der Waals surface area contributed by atoms with Gasteiger partial charge in [0.05, 0.1) is 0 Å². The summed E-state index contributed by atoms with van der Waals surface area (Å²) in [6.45, 7) is 3.51. The zero-order valence-corrected chi connectivity index (χ0v) is 23.1. The summed E-state index contributed by atoms with van der Waals surface area (Å²) in [5.41, 5.74) is -4.20. The molecule has 0 aromatic carbocycles. The highest BCUT2D eigenvalue weighted by atomic mass is 32.3. The lowest BCUT2D eigenvalue weighted by Crippen LogP contribution is -2.61. The zero-order chi connectivity index (χ0) is 33.3. The Labute approximate surface area is 233 Å². The molecule has 1 aliphatic heterocycles. The standard InChI is InChI=1S/C20H31NO14S3/c1-11(22)30-10-15-17(31-12(2)23)18(32-13(3)24)19(33-14(4)25)20(34-15)36-16(21-35-38(27,28)29)8-6-7-9-37(5)26/h15,17-20H,6-10H2,1-5H3,(H,27,28,29)/b21-16-/t15-,17-,18+,19-,20+,37?/m1/s1/i5D3,7+1,9D2. The molecule has 38 heavy (non-hydrogen) atoms. The number of esters is 4. The summed E-state index contributed by atoms with van der Waals surface area (Å²) in [7, 11) is -8.09. The lowest BCUT2D eigenvalue weighted by Gasteiger charge is -2.44. The fourth-order valence-electron chi connectivity index (χ4n) is 3.04. The lowest BCUT2D eigenvalue weighted by molar-refractivity contribution is -0.237. The molecule has 1 saturated heterocycles. The van der Waals surface area contributed by atoms with Gasteiger partial charge in [0.25, 0.3) is 0 Å². The monoisotopic (exact) mass is 611 g/mol. The van der Waals surface area contributed by atoms with Gasteiger partial charge >= 0.3 is 34.3 Å². The molecule has 0 aliphatic carbocycles. The van der Waals surface area contributed by atoms with Crippen molar-refractivity contribution < 1.29 is 71.2 Å². The Balaban J connectivity index is 3.49. The van der Waals surface area contributed by atoms with Gasteiger partial charge < -0.3 is 23.7 Å². The summed E-state index contributed by atoms with van der Waals surface area (Å²) in [6, 6.07) is 0. The van der Waals surface area contributed by atoms with E-state index in [4.69, 9.17) is 35.1 Å². The van der Waals surface area contributed by atoms with E-state index >= 15 is 0 Å². The van der Waals surface area contributed by atoms with E-state index in [1.54, 1.807) is 0 Å². The molecule has 0 bridgehead atoms. The van der Waals surface area contributed by atoms with Gasteiger partial charge in [0.1, 0.15) is 23.2 Å². The summed E-state index contributed by atoms with van der Waals surface area (Å²) in [6.07, 6.45) is -10.5. The number of carbonyl (C=O) groups excluding carboxylic acids is 4. The van der Waals surface area contributed by atoms with Crippen molar-refractivity contribution in [2.45, 2.75) is 76.8 Å². The first kappa shape index (κ1) is 26.0. The van der Waals surface area contributed by atoms with Gasteiger partial charge in [-0.05, 0) is 19.3 Å². The van der Waals surface area contributed by atoms with Crippen molar-refractivity contribution >= 4 is 61.9 Å². The number of rotatable bonds is 13. The Morgan fingerprint density at radius 3 is 2.11 bits per heavy atom. The van der Waals surface area contributed by atoms with Gasteiger partial charge in [-0.1, -0.05) is 16.9 Å². The first-order valence-electron chi connectivity index (χ1n) is 13.2. The minimum atomic E-state index is -5.17. The Kier molecular flexibility index (Phi) is 10.9. The van der Waals surface area contributed by atoms with Crippen molar-refractivity contribution in [2.75, 3.05) is 18.5 Å². The summed E-state index contributed by atoms with van der Waals surface area (Å²) >= 11 is 0.479. The molecular weight excluding hydrogens is 575 g/mol. The summed E-state index contributed by atoms with van der Waals surface area (Å²) in [5.74, 6) is -3.49. The third kappa shape index (κ3) is 13.5. The fourth-order valence-corrected chi connectivity index (χ4v) is 4.75. The van der Waals surface area contributed by atoms with Crippen LogP contribution in [0.1, 0.15) is 53.8 Å². The summed E-state index contributed by atoms with van der Waals surface area (Å²) < 4.78 is 111. The maximum absolute atomic E-state index is 12.1. The van der Waals surface area contributed by atoms with E-state index in [1.165, 1.54) is 0 Å². The molecule has 1 aliphatic rings. The Morgan fingerprint density at radius 2 is 1.58 bits per heavy atom. The molecule has 218 valence electrons. The molecule has 1 unspecified atom stereocenters. The van der Waals surface area contributed by atoms with Crippen LogP contribution in [0.5, 0.6) is 0 Å². The number of nitrogens with zero attached hydrogens (tertiary/aromatic N) is 1. The second kappa shape index (κ2) is 16.0. The number of thioether (sulfide) groups is 1. The highest BCUT2D eigenvalue weighted by Crippen LogP contribution is 2.35. The second-order valence-electron chi connectivity index (χ2n) is 7.44. The van der Waals surface area contributed by atoms with Crippen LogP contribution in [0, 0.1) is 0 Å². The van der Waals surface area contributed by atoms with Crippen LogP contribution >= 0.6 is 11.8 Å². The SMILES string of the molecule is [2H]C([2H])([2H])S(=O)C([2H])([2H])[13CH2]CC/C(=N/OS(=O)(=O)O)S[C@@H]1O[C@H](COC(C)=O)[C@@H](OC(C)=O)[C@H](OC(C)=O)[C@H]1OC(C)=O. The van der Waals surface area contributed by atoms with Crippen LogP contribution in [0.3, 0.4) is 0 Å². The highest BCUT2D eigenvalue weighted by Gasteiger charge is 2.52. The molecule has 0 aromatic rings. The van der Waals surface area contributed by atoms with E-state index in [1.807, 2.05) is 0 Å². The molecule has 6 atom stereocenters. The average Bonchev–Trinajstić information content (AvgIpc) is 2.82. The Bertz CT molecular complexity index is 1200. The van der Waals surface area contributed by atoms with Crippen LogP contribution in [0.4, 0.5) is 0 Å². The fraction of sp³-hybridized carbons (Fsp3) is 0.750. The van der Waals surface area contributed by atoms with E-state index in [0.29, 0.717) is 11.8 Å². The van der Waals surface area contributed by atoms with Gasteiger partial charge in [-0.2, -0.15) is 8.42 Å². The van der Waals surface area contributed by atoms with Crippen molar-refractivity contribution in [3.8, 4) is 0 Å². The highest BCUT2D eigenvalue weighted by molar-refractivity contribution is 8.14. The van der Waals surface area contributed by atoms with Crippen molar-refractivity contribution in [2.24, 2.45) is 5.16 Å². The summed E-state index contributed by atoms with van der Waals surface area (Å²) in [4.78, 5) is 47.3. The molecule has 18 heteroatoms. The van der Waals surface area contributed by atoms with E-state index in [0.717, 1.165) is 27.7 Å². The molecule has 0 amide bonds. The van der Waals surface area contributed by atoms with Crippen LogP contribution in [0.15, 0.2) is 5.16 Å². The Morgan fingerprint density at radius 1 is 1.00 bits per heavy atom. The number of ether oxygens (including phenoxy) is 5. The molecule has 0 saturated carbocycles. The van der Waals surface area contributed by atoms with Crippen LogP contribution < -0.4 is 0 Å². The van der Waals surface area contributed by atoms with Gasteiger partial charge in [-0.3, -0.25) is 27.9 Å². The molecule has 1 heterocycles. The first-order valence-corrected chi connectivity index (χ1v) is 14.0. The maximum atomic E-state index is 12.1. The molecule has 1 fully saturated rings. The largest absolute Gasteiger partial charge is 0.466 e. The van der Waals surface area contributed by atoms with Crippen LogP contribution in [-0.4, -0.2) is 94.4 Å². The molecular formula is C20H31NO14S3. The van der Waals surface area contributed by atoms with Crippen LogP contribution in [0.25, 0.3) is 0 Å². The predicted octanol–water partition coefficient (Wildman–Crippen LogP) is 0.484. The normalized spacial score (nSPS) is 27.2. The third-order valence-corrected chi connectivity index (χ3v) is 6.13. The van der Waals surface area contributed by atoms with Gasteiger partial charge in [-0.25, -0.2) is 4.28 Å². The van der Waals surface area contributed by atoms with E-state index in [2.05, 4.69) is 9.44 Å². The molecule has 0 radical (unpaired) electrons. The first-order chi connectivity index (χ1) is 19.5. The molecule has 0 spiro atoms. The average molecular weight is 612 g/mol. The van der Waals surface area contributed by atoms with E-state index in [9.17, 15) is 31.8 Å². The topological polar surface area (TPSA) is 207 Å². The minimum Gasteiger partial charge on any atom is -0.463 e. The van der Waals surface area contributed by atoms with Crippen LogP contribution in [-0.2, 0) is 68.3 Å². The molecule has 1 N–H and O–H groups in total. The zero-order valence-electron chi connectivity index (χ0n) is 25.6. The maximum Gasteiger partial charge on any atom is 0.466 e. The minimum absolute atomic E-state index is 0.305. The smallest absolute Gasteiger partial charge is 0.463 e. The van der Waals surface area contributed by atoms with Crippen molar-refractivity contribution in [1.29, 1.82) is 0 Å². The van der Waals surface area contributed by atoms with Crippen molar-refractivity contribution in [3.63, 3.8) is 0 Å². The number of hydrogen-bond acceptors (Lipinski definition) is 15. The molecule has 15 nitrogen and oxygen atoms in total. The second-order valence-corrected chi connectivity index (χ2v) is 10.4. The van der Waals surface area contributed by atoms with Gasteiger partial charge in [0.15, 0.2) is 18.3 Å². The summed E-state index contributed by atoms with van der Waals surface area (Å²) in [5, 5.41) is 2.94. The van der Waals surface area contributed by atoms with E-state index < -0.39 is 106 Å². The van der Waals surface area contributed by atoms with Crippen LogP contribution in [0.2, 0.25) is 0 Å². The number of carbonyl (C=O) groups is 4.